The summed E-state index contributed by atoms with van der Waals surface area (Å²) < 4.78 is 1.57. The van der Waals surface area contributed by atoms with Gasteiger partial charge in [0.25, 0.3) is 5.91 Å². The van der Waals surface area contributed by atoms with Crippen molar-refractivity contribution in [3.63, 3.8) is 0 Å². The van der Waals surface area contributed by atoms with Crippen LogP contribution in [0.15, 0.2) is 59.8 Å². The number of nitrogens with zero attached hydrogens (tertiary/aromatic N) is 5. The van der Waals surface area contributed by atoms with Gasteiger partial charge in [-0.2, -0.15) is 0 Å². The zero-order valence-electron chi connectivity index (χ0n) is 15.2. The van der Waals surface area contributed by atoms with Gasteiger partial charge < -0.3 is 4.90 Å². The van der Waals surface area contributed by atoms with Crippen LogP contribution in [0.4, 0.5) is 0 Å². The second-order valence-electron chi connectivity index (χ2n) is 6.68. The first-order valence-corrected chi connectivity index (χ1v) is 9.93. The summed E-state index contributed by atoms with van der Waals surface area (Å²) >= 11 is 1.94. The highest BCUT2D eigenvalue weighted by molar-refractivity contribution is 8.00. The maximum absolute atomic E-state index is 12.8. The average Bonchev–Trinajstić information content (AvgIpc) is 3.25. The predicted octanol–water partition coefficient (Wildman–Crippen LogP) is 3.37. The SMILES string of the molecule is Cc1ccccc1SC1CCN(C(=O)c2ccc(-n3cnnn3)cc2)CC1. The Morgan fingerprint density at radius 2 is 1.81 bits per heavy atom. The van der Waals surface area contributed by atoms with Crippen LogP contribution in [-0.2, 0) is 0 Å². The van der Waals surface area contributed by atoms with E-state index >= 15 is 0 Å². The summed E-state index contributed by atoms with van der Waals surface area (Å²) in [7, 11) is 0. The van der Waals surface area contributed by atoms with E-state index in [4.69, 9.17) is 0 Å². The molecule has 138 valence electrons. The number of carbonyl (C=O) groups excluding carboxylic acids is 1. The number of rotatable bonds is 4. The molecule has 27 heavy (non-hydrogen) atoms. The zero-order chi connectivity index (χ0) is 18.6. The second-order valence-corrected chi connectivity index (χ2v) is 8.02. The number of tetrazole rings is 1. The second kappa shape index (κ2) is 7.92. The highest BCUT2D eigenvalue weighted by atomic mass is 32.2. The lowest BCUT2D eigenvalue weighted by Gasteiger charge is -2.32. The van der Waals surface area contributed by atoms with E-state index in [0.29, 0.717) is 10.8 Å². The van der Waals surface area contributed by atoms with Gasteiger partial charge in [0.15, 0.2) is 0 Å². The summed E-state index contributed by atoms with van der Waals surface area (Å²) in [6, 6.07) is 15.9. The van der Waals surface area contributed by atoms with E-state index in [1.165, 1.54) is 16.8 Å². The third kappa shape index (κ3) is 4.03. The summed E-state index contributed by atoms with van der Waals surface area (Å²) in [6.07, 6.45) is 3.58. The van der Waals surface area contributed by atoms with Crippen molar-refractivity contribution in [1.82, 2.24) is 25.1 Å². The van der Waals surface area contributed by atoms with Gasteiger partial charge in [0.05, 0.1) is 5.69 Å². The molecule has 0 unspecified atom stereocenters. The quantitative estimate of drug-likeness (QED) is 0.695. The minimum atomic E-state index is 0.0950. The van der Waals surface area contributed by atoms with Gasteiger partial charge in [-0.15, -0.1) is 16.9 Å². The lowest BCUT2D eigenvalue weighted by molar-refractivity contribution is 0.0727. The number of carbonyl (C=O) groups is 1. The minimum Gasteiger partial charge on any atom is -0.339 e. The molecule has 2 heterocycles. The van der Waals surface area contributed by atoms with E-state index < -0.39 is 0 Å². The molecule has 1 aliphatic heterocycles. The molecule has 0 spiro atoms. The average molecular weight is 379 g/mol. The molecule has 0 saturated carbocycles. The molecule has 1 aliphatic rings. The first kappa shape index (κ1) is 17.7. The Kier molecular flexibility index (Phi) is 5.20. The van der Waals surface area contributed by atoms with Gasteiger partial charge in [0.1, 0.15) is 6.33 Å². The van der Waals surface area contributed by atoms with Crippen molar-refractivity contribution in [3.05, 3.63) is 66.0 Å². The molecule has 0 N–H and O–H groups in total. The largest absolute Gasteiger partial charge is 0.339 e. The molecule has 4 rings (SSSR count). The number of aryl methyl sites for hydroxylation is 1. The van der Waals surface area contributed by atoms with Crippen LogP contribution in [0.25, 0.3) is 5.69 Å². The molecule has 2 aromatic carbocycles. The van der Waals surface area contributed by atoms with Crippen LogP contribution in [0.1, 0.15) is 28.8 Å². The Morgan fingerprint density at radius 3 is 2.48 bits per heavy atom. The Hall–Kier alpha value is -2.67. The molecule has 7 heteroatoms. The van der Waals surface area contributed by atoms with Gasteiger partial charge >= 0.3 is 0 Å². The molecular formula is C20H21N5OS. The van der Waals surface area contributed by atoms with Gasteiger partial charge in [-0.05, 0) is 66.1 Å². The number of benzene rings is 2. The third-order valence-corrected chi connectivity index (χ3v) is 6.36. The lowest BCUT2D eigenvalue weighted by atomic mass is 10.1. The maximum atomic E-state index is 12.8. The topological polar surface area (TPSA) is 63.9 Å². The number of thioether (sulfide) groups is 1. The van der Waals surface area contributed by atoms with E-state index in [9.17, 15) is 4.79 Å². The van der Waals surface area contributed by atoms with E-state index in [2.05, 4.69) is 46.7 Å². The normalized spacial score (nSPS) is 15.1. The summed E-state index contributed by atoms with van der Waals surface area (Å²) in [6.45, 7) is 3.76. The van der Waals surface area contributed by atoms with E-state index in [-0.39, 0.29) is 5.91 Å². The van der Waals surface area contributed by atoms with Crippen LogP contribution in [0.3, 0.4) is 0 Å². The molecule has 1 fully saturated rings. The Bertz CT molecular complexity index is 902. The molecule has 0 atom stereocenters. The van der Waals surface area contributed by atoms with E-state index in [1.54, 1.807) is 4.68 Å². The predicted molar refractivity (Wildman–Crippen MR) is 105 cm³/mol. The van der Waals surface area contributed by atoms with Gasteiger partial charge in [-0.1, -0.05) is 18.2 Å². The van der Waals surface area contributed by atoms with Gasteiger partial charge in [-0.3, -0.25) is 4.79 Å². The van der Waals surface area contributed by atoms with Crippen LogP contribution in [0, 0.1) is 6.92 Å². The molecule has 1 aromatic heterocycles. The number of likely N-dealkylation sites (tertiary alicyclic amines) is 1. The third-order valence-electron chi connectivity index (χ3n) is 4.84. The minimum absolute atomic E-state index is 0.0950. The monoisotopic (exact) mass is 379 g/mol. The number of hydrogen-bond acceptors (Lipinski definition) is 5. The number of hydrogen-bond donors (Lipinski definition) is 0. The van der Waals surface area contributed by atoms with E-state index in [0.717, 1.165) is 31.6 Å². The van der Waals surface area contributed by atoms with Crippen molar-refractivity contribution in [2.45, 2.75) is 29.9 Å². The standard InChI is InChI=1S/C20H21N5OS/c1-15-4-2-3-5-19(15)27-18-10-12-24(13-11-18)20(26)16-6-8-17(9-7-16)25-14-21-22-23-25/h2-9,14,18H,10-13H2,1H3. The van der Waals surface area contributed by atoms with Crippen LogP contribution in [0.2, 0.25) is 0 Å². The van der Waals surface area contributed by atoms with Crippen molar-refractivity contribution < 1.29 is 4.79 Å². The fourth-order valence-corrected chi connectivity index (χ4v) is 4.48. The Balaban J connectivity index is 1.35. The summed E-state index contributed by atoms with van der Waals surface area (Å²) in [5.41, 5.74) is 2.87. The van der Waals surface area contributed by atoms with Crippen LogP contribution in [0.5, 0.6) is 0 Å². The molecule has 6 nitrogen and oxygen atoms in total. The number of aromatic nitrogens is 4. The number of piperidine rings is 1. The van der Waals surface area contributed by atoms with Crippen molar-refractivity contribution >= 4 is 17.7 Å². The molecule has 1 amide bonds. The zero-order valence-corrected chi connectivity index (χ0v) is 16.0. The van der Waals surface area contributed by atoms with Crippen LogP contribution in [-0.4, -0.2) is 49.4 Å². The van der Waals surface area contributed by atoms with Crippen molar-refractivity contribution in [3.8, 4) is 5.69 Å². The van der Waals surface area contributed by atoms with Crippen LogP contribution >= 0.6 is 11.8 Å². The molecule has 0 bridgehead atoms. The number of amides is 1. The first-order chi connectivity index (χ1) is 13.2. The Morgan fingerprint density at radius 1 is 1.07 bits per heavy atom. The van der Waals surface area contributed by atoms with Gasteiger partial charge in [0.2, 0.25) is 0 Å². The van der Waals surface area contributed by atoms with Crippen LogP contribution < -0.4 is 0 Å². The van der Waals surface area contributed by atoms with Gasteiger partial charge in [-0.25, -0.2) is 4.68 Å². The fraction of sp³-hybridized carbons (Fsp3) is 0.300. The highest BCUT2D eigenvalue weighted by Crippen LogP contribution is 2.32. The first-order valence-electron chi connectivity index (χ1n) is 9.06. The molecule has 1 saturated heterocycles. The van der Waals surface area contributed by atoms with Crippen molar-refractivity contribution in [2.24, 2.45) is 0 Å². The summed E-state index contributed by atoms with van der Waals surface area (Å²) in [5, 5.41) is 11.7. The van der Waals surface area contributed by atoms with Crippen molar-refractivity contribution in [1.29, 1.82) is 0 Å². The smallest absolute Gasteiger partial charge is 0.253 e. The summed E-state index contributed by atoms with van der Waals surface area (Å²) in [4.78, 5) is 16.1. The molecule has 3 aromatic rings. The van der Waals surface area contributed by atoms with Crippen molar-refractivity contribution in [2.75, 3.05) is 13.1 Å². The van der Waals surface area contributed by atoms with Gasteiger partial charge in [0, 0.05) is 28.8 Å². The summed E-state index contributed by atoms with van der Waals surface area (Å²) in [5.74, 6) is 0.0950. The molecule has 0 aliphatic carbocycles. The maximum Gasteiger partial charge on any atom is 0.253 e. The lowest BCUT2D eigenvalue weighted by Crippen LogP contribution is -2.39. The van der Waals surface area contributed by atoms with E-state index in [1.807, 2.05) is 40.9 Å². The fourth-order valence-electron chi connectivity index (χ4n) is 3.26. The molecule has 0 radical (unpaired) electrons. The Labute approximate surface area is 162 Å². The highest BCUT2D eigenvalue weighted by Gasteiger charge is 2.24. The molecular weight excluding hydrogens is 358 g/mol.